The molecule has 82 valence electrons. The molecule has 0 unspecified atom stereocenters. The summed E-state index contributed by atoms with van der Waals surface area (Å²) in [6.45, 7) is 1.49. The maximum absolute atomic E-state index is 10.6. The summed E-state index contributed by atoms with van der Waals surface area (Å²) in [5.74, 6) is -0.991. The lowest BCUT2D eigenvalue weighted by Crippen LogP contribution is -2.35. The molecule has 1 fully saturated rings. The molecule has 0 bridgehead atoms. The molecule has 0 amide bonds. The molecule has 0 saturated carbocycles. The first-order chi connectivity index (χ1) is 7.16. The highest BCUT2D eigenvalue weighted by Gasteiger charge is 2.20. The van der Waals surface area contributed by atoms with Gasteiger partial charge >= 0.3 is 5.97 Å². The first kappa shape index (κ1) is 10.4. The first-order valence-corrected chi connectivity index (χ1v) is 5.66. The van der Waals surface area contributed by atoms with Crippen LogP contribution in [0.4, 0.5) is 5.13 Å². The Morgan fingerprint density at radius 3 is 2.73 bits per heavy atom. The Balaban J connectivity index is 2.06. The molecule has 0 spiro atoms. The van der Waals surface area contributed by atoms with E-state index in [0.29, 0.717) is 0 Å². The van der Waals surface area contributed by atoms with E-state index < -0.39 is 5.97 Å². The summed E-state index contributed by atoms with van der Waals surface area (Å²) in [4.78, 5) is 16.7. The number of aromatic carboxylic acids is 1. The zero-order chi connectivity index (χ0) is 10.8. The first-order valence-electron chi connectivity index (χ1n) is 4.78. The number of rotatable bonds is 2. The van der Waals surface area contributed by atoms with E-state index in [2.05, 4.69) is 4.98 Å². The molecular formula is C9H12N2O3S. The summed E-state index contributed by atoms with van der Waals surface area (Å²) in [6, 6.07) is 0. The second-order valence-electron chi connectivity index (χ2n) is 3.54. The van der Waals surface area contributed by atoms with Gasteiger partial charge in [-0.15, -0.1) is 11.3 Å². The van der Waals surface area contributed by atoms with Gasteiger partial charge in [-0.3, -0.25) is 0 Å². The topological polar surface area (TPSA) is 73.7 Å². The quantitative estimate of drug-likeness (QED) is 0.783. The van der Waals surface area contributed by atoms with Crippen LogP contribution in [-0.2, 0) is 0 Å². The van der Waals surface area contributed by atoms with Gasteiger partial charge < -0.3 is 15.1 Å². The fourth-order valence-corrected chi connectivity index (χ4v) is 2.42. The van der Waals surface area contributed by atoms with Crippen LogP contribution < -0.4 is 4.90 Å². The monoisotopic (exact) mass is 228 g/mol. The van der Waals surface area contributed by atoms with Gasteiger partial charge in [-0.05, 0) is 12.8 Å². The van der Waals surface area contributed by atoms with E-state index in [9.17, 15) is 9.90 Å². The van der Waals surface area contributed by atoms with Crippen molar-refractivity contribution in [2.75, 3.05) is 18.0 Å². The number of aromatic nitrogens is 1. The van der Waals surface area contributed by atoms with Crippen LogP contribution in [0.5, 0.6) is 0 Å². The number of carboxylic acid groups (broad SMARTS) is 1. The van der Waals surface area contributed by atoms with Gasteiger partial charge in [0.25, 0.3) is 0 Å². The Bertz CT molecular complexity index is 358. The largest absolute Gasteiger partial charge is 0.476 e. The molecular weight excluding hydrogens is 216 g/mol. The minimum atomic E-state index is -0.991. The Morgan fingerprint density at radius 2 is 2.20 bits per heavy atom. The van der Waals surface area contributed by atoms with E-state index in [0.717, 1.165) is 31.1 Å². The lowest BCUT2D eigenvalue weighted by Gasteiger charge is -2.28. The molecule has 1 aromatic heterocycles. The molecule has 1 saturated heterocycles. The van der Waals surface area contributed by atoms with Crippen molar-refractivity contribution >= 4 is 22.4 Å². The molecule has 0 radical (unpaired) electrons. The van der Waals surface area contributed by atoms with Crippen molar-refractivity contribution in [2.45, 2.75) is 18.9 Å². The summed E-state index contributed by atoms with van der Waals surface area (Å²) >= 11 is 1.34. The number of carbonyl (C=O) groups is 1. The van der Waals surface area contributed by atoms with Crippen LogP contribution in [0.15, 0.2) is 5.38 Å². The SMILES string of the molecule is O=C(O)c1csc(N2CCC(O)CC2)n1. The fraction of sp³-hybridized carbons (Fsp3) is 0.556. The van der Waals surface area contributed by atoms with Crippen LogP contribution in [0.25, 0.3) is 0 Å². The third kappa shape index (κ3) is 2.27. The van der Waals surface area contributed by atoms with Gasteiger partial charge in [-0.1, -0.05) is 0 Å². The van der Waals surface area contributed by atoms with Gasteiger partial charge in [-0.25, -0.2) is 9.78 Å². The standard InChI is InChI=1S/C9H12N2O3S/c12-6-1-3-11(4-2-6)9-10-7(5-15-9)8(13)14/h5-6,12H,1-4H2,(H,13,14). The summed E-state index contributed by atoms with van der Waals surface area (Å²) in [6.07, 6.45) is 1.23. The van der Waals surface area contributed by atoms with E-state index >= 15 is 0 Å². The van der Waals surface area contributed by atoms with Crippen LogP contribution in [-0.4, -0.2) is 40.4 Å². The van der Waals surface area contributed by atoms with E-state index in [1.54, 1.807) is 5.38 Å². The molecule has 1 aliphatic heterocycles. The average molecular weight is 228 g/mol. The minimum absolute atomic E-state index is 0.0983. The number of piperidine rings is 1. The van der Waals surface area contributed by atoms with Crippen molar-refractivity contribution in [3.8, 4) is 0 Å². The molecule has 2 N–H and O–H groups in total. The van der Waals surface area contributed by atoms with Crippen molar-refractivity contribution in [1.82, 2.24) is 4.98 Å². The molecule has 1 aliphatic rings. The highest BCUT2D eigenvalue weighted by molar-refractivity contribution is 7.13. The van der Waals surface area contributed by atoms with Crippen LogP contribution in [0.2, 0.25) is 0 Å². The molecule has 2 heterocycles. The lowest BCUT2D eigenvalue weighted by molar-refractivity contribution is 0.0691. The molecule has 5 nitrogen and oxygen atoms in total. The second-order valence-corrected chi connectivity index (χ2v) is 4.38. The number of carboxylic acids is 1. The van der Waals surface area contributed by atoms with Crippen molar-refractivity contribution < 1.29 is 15.0 Å². The molecule has 0 aromatic carbocycles. The van der Waals surface area contributed by atoms with E-state index in [1.165, 1.54) is 11.3 Å². The van der Waals surface area contributed by atoms with Gasteiger partial charge in [0.15, 0.2) is 10.8 Å². The van der Waals surface area contributed by atoms with Crippen LogP contribution in [0, 0.1) is 0 Å². The number of hydrogen-bond donors (Lipinski definition) is 2. The third-order valence-electron chi connectivity index (χ3n) is 2.45. The van der Waals surface area contributed by atoms with Gasteiger partial charge in [0.1, 0.15) is 0 Å². The van der Waals surface area contributed by atoms with Gasteiger partial charge in [-0.2, -0.15) is 0 Å². The summed E-state index contributed by atoms with van der Waals surface area (Å²) < 4.78 is 0. The number of thiazole rings is 1. The predicted octanol–water partition coefficient (Wildman–Crippen LogP) is 0.802. The van der Waals surface area contributed by atoms with Crippen molar-refractivity contribution in [1.29, 1.82) is 0 Å². The molecule has 6 heteroatoms. The Kier molecular flexibility index (Phi) is 2.88. The van der Waals surface area contributed by atoms with Crippen LogP contribution in [0.1, 0.15) is 23.3 Å². The Labute approximate surface area is 91.0 Å². The van der Waals surface area contributed by atoms with Gasteiger partial charge in [0.05, 0.1) is 6.10 Å². The number of aliphatic hydroxyl groups excluding tert-OH is 1. The minimum Gasteiger partial charge on any atom is -0.476 e. The molecule has 0 atom stereocenters. The van der Waals surface area contributed by atoms with Gasteiger partial charge in [0.2, 0.25) is 0 Å². The number of anilines is 1. The summed E-state index contributed by atoms with van der Waals surface area (Å²) in [5, 5.41) is 20.3. The lowest BCUT2D eigenvalue weighted by atomic mass is 10.1. The smallest absolute Gasteiger partial charge is 0.355 e. The predicted molar refractivity (Wildman–Crippen MR) is 56.5 cm³/mol. The Hall–Kier alpha value is -1.14. The van der Waals surface area contributed by atoms with Crippen molar-refractivity contribution in [3.63, 3.8) is 0 Å². The molecule has 2 rings (SSSR count). The van der Waals surface area contributed by atoms with Crippen molar-refractivity contribution in [3.05, 3.63) is 11.1 Å². The van der Waals surface area contributed by atoms with E-state index in [4.69, 9.17) is 5.11 Å². The average Bonchev–Trinajstić information content (AvgIpc) is 2.68. The van der Waals surface area contributed by atoms with E-state index in [1.807, 2.05) is 4.90 Å². The molecule has 0 aliphatic carbocycles. The number of nitrogens with zero attached hydrogens (tertiary/aromatic N) is 2. The van der Waals surface area contributed by atoms with Crippen molar-refractivity contribution in [2.24, 2.45) is 0 Å². The number of hydrogen-bond acceptors (Lipinski definition) is 5. The zero-order valence-corrected chi connectivity index (χ0v) is 8.90. The van der Waals surface area contributed by atoms with Crippen LogP contribution >= 0.6 is 11.3 Å². The number of aliphatic hydroxyl groups is 1. The van der Waals surface area contributed by atoms with Gasteiger partial charge in [0, 0.05) is 18.5 Å². The summed E-state index contributed by atoms with van der Waals surface area (Å²) in [5.41, 5.74) is 0.0983. The highest BCUT2D eigenvalue weighted by Crippen LogP contribution is 2.23. The van der Waals surface area contributed by atoms with E-state index in [-0.39, 0.29) is 11.8 Å². The maximum Gasteiger partial charge on any atom is 0.355 e. The maximum atomic E-state index is 10.6. The normalized spacial score (nSPS) is 18.1. The Morgan fingerprint density at radius 1 is 1.53 bits per heavy atom. The summed E-state index contributed by atoms with van der Waals surface area (Å²) in [7, 11) is 0. The molecule has 1 aromatic rings. The molecule has 15 heavy (non-hydrogen) atoms. The fourth-order valence-electron chi connectivity index (χ4n) is 1.56. The van der Waals surface area contributed by atoms with Crippen LogP contribution in [0.3, 0.4) is 0 Å². The highest BCUT2D eigenvalue weighted by atomic mass is 32.1. The second kappa shape index (κ2) is 4.16. The zero-order valence-electron chi connectivity index (χ0n) is 8.09. The third-order valence-corrected chi connectivity index (χ3v) is 3.35.